The fourth-order valence-electron chi connectivity index (χ4n) is 5.86. The molecule has 1 aliphatic heterocycles. The van der Waals surface area contributed by atoms with Crippen LogP contribution in [0.3, 0.4) is 0 Å². The van der Waals surface area contributed by atoms with Gasteiger partial charge in [0.25, 0.3) is 0 Å². The number of aromatic nitrogens is 1. The van der Waals surface area contributed by atoms with Gasteiger partial charge in [-0.25, -0.2) is 0 Å². The number of aliphatic carboxylic acids is 1. The van der Waals surface area contributed by atoms with E-state index < -0.39 is 28.5 Å². The first-order valence-electron chi connectivity index (χ1n) is 9.02. The van der Waals surface area contributed by atoms with Gasteiger partial charge in [0.1, 0.15) is 0 Å². The summed E-state index contributed by atoms with van der Waals surface area (Å²) in [7, 11) is 0. The summed E-state index contributed by atoms with van der Waals surface area (Å²) in [4.78, 5) is 15.6. The van der Waals surface area contributed by atoms with Gasteiger partial charge in [-0.3, -0.25) is 4.79 Å². The van der Waals surface area contributed by atoms with Crippen molar-refractivity contribution in [3.8, 4) is 0 Å². The highest BCUT2D eigenvalue weighted by atomic mass is 32.2. The van der Waals surface area contributed by atoms with Gasteiger partial charge in [-0.05, 0) is 53.8 Å². The number of fused-ring (bicyclic) bond motifs is 1. The van der Waals surface area contributed by atoms with Gasteiger partial charge in [0.15, 0.2) is 0 Å². The third kappa shape index (κ3) is 1.98. The van der Waals surface area contributed by atoms with Crippen LogP contribution in [0, 0.1) is 5.41 Å². The monoisotopic (exact) mass is 393 g/mol. The molecule has 4 aliphatic rings. The van der Waals surface area contributed by atoms with Crippen LogP contribution in [-0.2, 0) is 16.4 Å². The molecule has 1 saturated carbocycles. The molecule has 4 atom stereocenters. The molecule has 0 spiro atoms. The number of rotatable bonds is 2. The summed E-state index contributed by atoms with van der Waals surface area (Å²) in [5.74, 6) is -0.0398. The molecule has 27 heavy (non-hydrogen) atoms. The van der Waals surface area contributed by atoms with Crippen molar-refractivity contribution in [3.63, 3.8) is 0 Å². The quantitative estimate of drug-likeness (QED) is 0.772. The highest BCUT2D eigenvalue weighted by Gasteiger charge is 2.69. The van der Waals surface area contributed by atoms with E-state index in [4.69, 9.17) is 0 Å². The summed E-state index contributed by atoms with van der Waals surface area (Å²) >= 11 is 1.67. The van der Waals surface area contributed by atoms with Crippen molar-refractivity contribution in [2.75, 3.05) is 5.75 Å². The number of carboxylic acids is 1. The average Bonchev–Trinajstić information content (AvgIpc) is 3.30. The number of hydrogen-bond donors (Lipinski definition) is 2. The summed E-state index contributed by atoms with van der Waals surface area (Å²) < 4.78 is 39.1. The van der Waals surface area contributed by atoms with Crippen LogP contribution >= 0.6 is 11.8 Å². The van der Waals surface area contributed by atoms with Crippen molar-refractivity contribution in [2.45, 2.75) is 42.0 Å². The zero-order valence-electron chi connectivity index (χ0n) is 14.3. The molecule has 7 heteroatoms. The Balaban J connectivity index is 1.74. The van der Waals surface area contributed by atoms with E-state index in [0.29, 0.717) is 6.42 Å². The van der Waals surface area contributed by atoms with E-state index in [9.17, 15) is 23.1 Å². The zero-order valence-corrected chi connectivity index (χ0v) is 15.2. The Hall–Kier alpha value is -1.89. The number of H-pyrrole nitrogens is 1. The van der Waals surface area contributed by atoms with E-state index in [1.165, 1.54) is 0 Å². The third-order valence-corrected chi connectivity index (χ3v) is 8.52. The minimum atomic E-state index is -4.38. The first-order valence-corrected chi connectivity index (χ1v) is 10.1. The van der Waals surface area contributed by atoms with Gasteiger partial charge in [-0.1, -0.05) is 12.1 Å². The zero-order chi connectivity index (χ0) is 19.0. The number of alkyl halides is 3. The third-order valence-electron chi connectivity index (χ3n) is 6.92. The SMILES string of the molecule is O=C(O)C12CCSC1C1(c3ccc(C(F)(F)F)cc3)CCC2c2c[nH]cc21. The number of carbonyl (C=O) groups is 1. The minimum Gasteiger partial charge on any atom is -0.481 e. The molecule has 2 fully saturated rings. The lowest BCUT2D eigenvalue weighted by Gasteiger charge is -2.58. The number of nitrogens with one attached hydrogen (secondary N) is 1. The van der Waals surface area contributed by atoms with Gasteiger partial charge in [0, 0.05) is 29.0 Å². The molecule has 1 saturated heterocycles. The summed E-state index contributed by atoms with van der Waals surface area (Å²) in [5, 5.41) is 10.1. The van der Waals surface area contributed by atoms with Crippen LogP contribution in [0.15, 0.2) is 36.7 Å². The number of aromatic amines is 1. The van der Waals surface area contributed by atoms with Crippen LogP contribution in [-0.4, -0.2) is 27.1 Å². The second-order valence-electron chi connectivity index (χ2n) is 7.81. The van der Waals surface area contributed by atoms with Crippen LogP contribution in [0.4, 0.5) is 13.2 Å². The lowest BCUT2D eigenvalue weighted by Crippen LogP contribution is -2.60. The standard InChI is InChI=1S/C20H18F3NO2S/c21-20(22,23)12-3-1-11(2-4-12)18-6-5-14(13-9-24-10-15(13)18)19(17(25)26)7-8-27-16(18)19/h1-4,9-10,14,16,24H,5-8H2,(H,25,26). The van der Waals surface area contributed by atoms with Crippen LogP contribution in [0.2, 0.25) is 0 Å². The average molecular weight is 393 g/mol. The molecule has 3 nitrogen and oxygen atoms in total. The van der Waals surface area contributed by atoms with E-state index >= 15 is 0 Å². The van der Waals surface area contributed by atoms with E-state index in [0.717, 1.165) is 47.4 Å². The van der Waals surface area contributed by atoms with Gasteiger partial charge < -0.3 is 10.1 Å². The fraction of sp³-hybridized carbons (Fsp3) is 0.450. The molecule has 2 bridgehead atoms. The Labute approximate surface area is 158 Å². The number of benzene rings is 1. The van der Waals surface area contributed by atoms with Gasteiger partial charge in [0.05, 0.1) is 11.0 Å². The number of hydrogen-bond acceptors (Lipinski definition) is 2. The number of carboxylic acid groups (broad SMARTS) is 1. The largest absolute Gasteiger partial charge is 0.481 e. The van der Waals surface area contributed by atoms with Crippen molar-refractivity contribution in [1.82, 2.24) is 4.98 Å². The van der Waals surface area contributed by atoms with Crippen molar-refractivity contribution < 1.29 is 23.1 Å². The molecule has 142 valence electrons. The van der Waals surface area contributed by atoms with E-state index in [2.05, 4.69) is 4.98 Å². The molecule has 1 aromatic carbocycles. The maximum atomic E-state index is 13.0. The Kier molecular flexibility index (Phi) is 3.41. The Morgan fingerprint density at radius 2 is 1.93 bits per heavy atom. The van der Waals surface area contributed by atoms with E-state index in [1.54, 1.807) is 23.9 Å². The summed E-state index contributed by atoms with van der Waals surface area (Å²) in [6.45, 7) is 0. The lowest BCUT2D eigenvalue weighted by molar-refractivity contribution is -0.153. The molecular formula is C20H18F3NO2S. The molecule has 4 unspecified atom stereocenters. The Bertz CT molecular complexity index is 922. The smallest absolute Gasteiger partial charge is 0.416 e. The highest BCUT2D eigenvalue weighted by Crippen LogP contribution is 2.70. The molecule has 2 heterocycles. The van der Waals surface area contributed by atoms with Crippen LogP contribution in [0.1, 0.15) is 47.4 Å². The van der Waals surface area contributed by atoms with Crippen molar-refractivity contribution in [2.24, 2.45) is 5.41 Å². The molecule has 6 rings (SSSR count). The van der Waals surface area contributed by atoms with Gasteiger partial charge in [0.2, 0.25) is 0 Å². The second-order valence-corrected chi connectivity index (χ2v) is 9.02. The number of halogens is 3. The molecule has 2 aromatic rings. The minimum absolute atomic E-state index is 0.0347. The van der Waals surface area contributed by atoms with Gasteiger partial charge >= 0.3 is 12.1 Å². The summed E-state index contributed by atoms with van der Waals surface area (Å²) in [6.07, 6.45) is 1.55. The first kappa shape index (κ1) is 17.2. The second kappa shape index (κ2) is 5.34. The van der Waals surface area contributed by atoms with Crippen molar-refractivity contribution in [1.29, 1.82) is 0 Å². The maximum Gasteiger partial charge on any atom is 0.416 e. The highest BCUT2D eigenvalue weighted by molar-refractivity contribution is 8.00. The lowest BCUT2D eigenvalue weighted by atomic mass is 9.46. The van der Waals surface area contributed by atoms with Crippen LogP contribution in [0.5, 0.6) is 0 Å². The molecular weight excluding hydrogens is 375 g/mol. The predicted molar refractivity (Wildman–Crippen MR) is 95.9 cm³/mol. The van der Waals surface area contributed by atoms with Gasteiger partial charge in [-0.2, -0.15) is 24.9 Å². The molecule has 0 radical (unpaired) electrons. The molecule has 3 aliphatic carbocycles. The van der Waals surface area contributed by atoms with Gasteiger partial charge in [-0.15, -0.1) is 0 Å². The van der Waals surface area contributed by atoms with Crippen LogP contribution < -0.4 is 0 Å². The predicted octanol–water partition coefficient (Wildman–Crippen LogP) is 4.79. The maximum absolute atomic E-state index is 13.0. The van der Waals surface area contributed by atoms with Crippen molar-refractivity contribution in [3.05, 3.63) is 58.9 Å². The van der Waals surface area contributed by atoms with E-state index in [-0.39, 0.29) is 11.2 Å². The normalized spacial score (nSPS) is 34.3. The van der Waals surface area contributed by atoms with E-state index in [1.807, 2.05) is 12.4 Å². The summed E-state index contributed by atoms with van der Waals surface area (Å²) in [5.41, 5.74) is 0.802. The molecule has 0 amide bonds. The number of thioether (sulfide) groups is 1. The molecule has 1 aromatic heterocycles. The molecule has 2 N–H and O–H groups in total. The summed E-state index contributed by atoms with van der Waals surface area (Å²) in [6, 6.07) is 5.35. The Morgan fingerprint density at radius 3 is 2.59 bits per heavy atom. The topological polar surface area (TPSA) is 53.1 Å². The van der Waals surface area contributed by atoms with Crippen molar-refractivity contribution >= 4 is 17.7 Å². The van der Waals surface area contributed by atoms with Crippen LogP contribution in [0.25, 0.3) is 0 Å². The fourth-order valence-corrected chi connectivity index (χ4v) is 7.90. The Morgan fingerprint density at radius 1 is 1.19 bits per heavy atom. The first-order chi connectivity index (χ1) is 12.8.